The lowest BCUT2D eigenvalue weighted by molar-refractivity contribution is 1.07. The lowest BCUT2D eigenvalue weighted by Crippen LogP contribution is -1.89. The molecule has 1 atom stereocenters. The third-order valence-corrected chi connectivity index (χ3v) is 4.65. The Kier molecular flexibility index (Phi) is 2.29. The molecule has 0 aromatic rings. The van der Waals surface area contributed by atoms with Crippen LogP contribution in [0.25, 0.3) is 0 Å². The van der Waals surface area contributed by atoms with E-state index >= 15 is 0 Å². The van der Waals surface area contributed by atoms with Gasteiger partial charge in [-0.25, -0.2) is 0 Å². The molecular weight excluding hydrogens is 127 g/mol. The first-order valence-electron chi connectivity index (χ1n) is 3.63. The summed E-state index contributed by atoms with van der Waals surface area (Å²) in [5, 5.41) is 0. The van der Waals surface area contributed by atoms with Gasteiger partial charge in [0.15, 0.2) is 0 Å². The molecule has 0 spiro atoms. The number of hydrogen-bond acceptors (Lipinski definition) is 0. The normalized spacial score (nSPS) is 27.1. The molecule has 0 fully saturated rings. The molecule has 0 bridgehead atoms. The van der Waals surface area contributed by atoms with Crippen LogP contribution in [0.15, 0.2) is 11.4 Å². The molecule has 0 saturated heterocycles. The van der Waals surface area contributed by atoms with Gasteiger partial charge in [0.25, 0.3) is 0 Å². The Morgan fingerprint density at radius 2 is 2.22 bits per heavy atom. The van der Waals surface area contributed by atoms with Crippen molar-refractivity contribution < 1.29 is 0 Å². The predicted octanol–water partition coefficient (Wildman–Crippen LogP) is 3.18. The summed E-state index contributed by atoms with van der Waals surface area (Å²) in [6.07, 6.45) is 2.82. The van der Waals surface area contributed by atoms with E-state index < -0.39 is 0 Å². The highest BCUT2D eigenvalue weighted by Gasteiger charge is 2.14. The zero-order chi connectivity index (χ0) is 6.85. The molecule has 1 heteroatoms. The van der Waals surface area contributed by atoms with Crippen molar-refractivity contribution in [2.75, 3.05) is 6.16 Å². The van der Waals surface area contributed by atoms with Gasteiger partial charge in [-0.05, 0) is 25.2 Å². The van der Waals surface area contributed by atoms with Crippen LogP contribution in [0.4, 0.5) is 0 Å². The van der Waals surface area contributed by atoms with Gasteiger partial charge in [-0.3, -0.25) is 0 Å². The van der Waals surface area contributed by atoms with Crippen molar-refractivity contribution in [3.8, 4) is 0 Å². The number of hydrogen-bond donors (Lipinski definition) is 0. The van der Waals surface area contributed by atoms with E-state index in [1.807, 2.05) is 0 Å². The minimum atomic E-state index is 0.294. The second-order valence-electron chi connectivity index (χ2n) is 3.06. The molecule has 1 aliphatic rings. The Morgan fingerprint density at radius 3 is 2.44 bits per heavy atom. The smallest absolute Gasteiger partial charge is 0.0231 e. The van der Waals surface area contributed by atoms with Gasteiger partial charge in [-0.2, -0.15) is 0 Å². The lowest BCUT2D eigenvalue weighted by atomic mass is 10.3. The zero-order valence-electron chi connectivity index (χ0n) is 6.52. The summed E-state index contributed by atoms with van der Waals surface area (Å²) >= 11 is 0. The van der Waals surface area contributed by atoms with Crippen molar-refractivity contribution in [1.82, 2.24) is 0 Å². The predicted molar refractivity (Wildman–Crippen MR) is 45.3 cm³/mol. The Hall–Kier alpha value is 0.170. The molecule has 0 saturated carbocycles. The summed E-state index contributed by atoms with van der Waals surface area (Å²) in [6.45, 7) is 6.92. The SMILES string of the molecule is CC1=CP(C(C)C)CC1. The first-order valence-corrected chi connectivity index (χ1v) is 5.29. The summed E-state index contributed by atoms with van der Waals surface area (Å²) in [6, 6.07) is 0. The summed E-state index contributed by atoms with van der Waals surface area (Å²) in [5.41, 5.74) is 2.53. The lowest BCUT2D eigenvalue weighted by Gasteiger charge is -2.10. The third-order valence-electron chi connectivity index (χ3n) is 1.81. The maximum Gasteiger partial charge on any atom is -0.0231 e. The summed E-state index contributed by atoms with van der Waals surface area (Å²) in [7, 11) is 0.294. The van der Waals surface area contributed by atoms with Crippen LogP contribution in [-0.4, -0.2) is 11.8 Å². The molecular formula is C8H15P. The minimum absolute atomic E-state index is 0.294. The molecule has 1 rings (SSSR count). The zero-order valence-corrected chi connectivity index (χ0v) is 7.41. The number of rotatable bonds is 1. The molecule has 0 nitrogen and oxygen atoms in total. The topological polar surface area (TPSA) is 0 Å². The Balaban J connectivity index is 2.47. The molecule has 9 heavy (non-hydrogen) atoms. The fourth-order valence-corrected chi connectivity index (χ4v) is 3.37. The number of allylic oxidation sites excluding steroid dienone is 1. The van der Waals surface area contributed by atoms with Crippen molar-refractivity contribution in [3.05, 3.63) is 11.4 Å². The first kappa shape index (κ1) is 7.28. The van der Waals surface area contributed by atoms with E-state index in [1.165, 1.54) is 12.6 Å². The van der Waals surface area contributed by atoms with Crippen LogP contribution < -0.4 is 0 Å². The van der Waals surface area contributed by atoms with Crippen LogP contribution in [0.1, 0.15) is 27.2 Å². The van der Waals surface area contributed by atoms with Crippen molar-refractivity contribution in [1.29, 1.82) is 0 Å². The highest BCUT2D eigenvalue weighted by molar-refractivity contribution is 7.61. The van der Waals surface area contributed by atoms with Crippen LogP contribution in [0.2, 0.25) is 0 Å². The van der Waals surface area contributed by atoms with Crippen molar-refractivity contribution >= 4 is 7.92 Å². The Bertz CT molecular complexity index is 125. The quantitative estimate of drug-likeness (QED) is 0.493. The highest BCUT2D eigenvalue weighted by Crippen LogP contribution is 2.49. The standard InChI is InChI=1S/C8H15P/c1-7(2)9-5-4-8(3)6-9/h6-7H,4-5H2,1-3H3. The van der Waals surface area contributed by atoms with Gasteiger partial charge in [0.05, 0.1) is 0 Å². The summed E-state index contributed by atoms with van der Waals surface area (Å²) in [5.74, 6) is 2.50. The van der Waals surface area contributed by atoms with E-state index in [0.29, 0.717) is 7.92 Å². The van der Waals surface area contributed by atoms with Gasteiger partial charge >= 0.3 is 0 Å². The van der Waals surface area contributed by atoms with Crippen LogP contribution in [0.5, 0.6) is 0 Å². The van der Waals surface area contributed by atoms with E-state index in [0.717, 1.165) is 5.66 Å². The molecule has 52 valence electrons. The molecule has 0 N–H and O–H groups in total. The molecule has 0 radical (unpaired) electrons. The van der Waals surface area contributed by atoms with Crippen LogP contribution >= 0.6 is 7.92 Å². The average Bonchev–Trinajstić information content (AvgIpc) is 2.14. The van der Waals surface area contributed by atoms with Crippen molar-refractivity contribution in [3.63, 3.8) is 0 Å². The molecule has 1 heterocycles. The van der Waals surface area contributed by atoms with E-state index in [9.17, 15) is 0 Å². The molecule has 1 aliphatic heterocycles. The molecule has 0 aliphatic carbocycles. The first-order chi connectivity index (χ1) is 4.20. The summed E-state index contributed by atoms with van der Waals surface area (Å²) < 4.78 is 0. The van der Waals surface area contributed by atoms with Gasteiger partial charge in [-0.15, -0.1) is 0 Å². The second-order valence-corrected chi connectivity index (χ2v) is 5.82. The largest absolute Gasteiger partial charge is 0.0804 e. The molecule has 0 aromatic carbocycles. The minimum Gasteiger partial charge on any atom is -0.0804 e. The monoisotopic (exact) mass is 142 g/mol. The van der Waals surface area contributed by atoms with Crippen molar-refractivity contribution in [2.45, 2.75) is 32.9 Å². The Morgan fingerprint density at radius 1 is 1.56 bits per heavy atom. The van der Waals surface area contributed by atoms with E-state index in [2.05, 4.69) is 26.6 Å². The molecule has 0 amide bonds. The average molecular weight is 142 g/mol. The fourth-order valence-electron chi connectivity index (χ4n) is 1.12. The maximum absolute atomic E-state index is 2.50. The van der Waals surface area contributed by atoms with E-state index in [1.54, 1.807) is 5.57 Å². The molecule has 1 unspecified atom stereocenters. The molecule has 0 aromatic heterocycles. The van der Waals surface area contributed by atoms with E-state index in [-0.39, 0.29) is 0 Å². The van der Waals surface area contributed by atoms with Gasteiger partial charge in [-0.1, -0.05) is 33.2 Å². The van der Waals surface area contributed by atoms with Crippen molar-refractivity contribution in [2.24, 2.45) is 0 Å². The highest BCUT2D eigenvalue weighted by atomic mass is 31.1. The Labute approximate surface area is 59.1 Å². The van der Waals surface area contributed by atoms with E-state index in [4.69, 9.17) is 0 Å². The second kappa shape index (κ2) is 2.84. The van der Waals surface area contributed by atoms with Crippen LogP contribution in [0, 0.1) is 0 Å². The van der Waals surface area contributed by atoms with Crippen LogP contribution in [0.3, 0.4) is 0 Å². The summed E-state index contributed by atoms with van der Waals surface area (Å²) in [4.78, 5) is 0. The maximum atomic E-state index is 2.50. The third kappa shape index (κ3) is 1.79. The van der Waals surface area contributed by atoms with Gasteiger partial charge in [0.1, 0.15) is 0 Å². The van der Waals surface area contributed by atoms with Gasteiger partial charge in [0.2, 0.25) is 0 Å². The van der Waals surface area contributed by atoms with Gasteiger partial charge in [0, 0.05) is 0 Å². The van der Waals surface area contributed by atoms with Crippen LogP contribution in [-0.2, 0) is 0 Å². The van der Waals surface area contributed by atoms with Gasteiger partial charge < -0.3 is 0 Å². The fraction of sp³-hybridized carbons (Fsp3) is 0.750.